The molecule has 3 rings (SSSR count). The van der Waals surface area contributed by atoms with Crippen LogP contribution in [0.25, 0.3) is 0 Å². The summed E-state index contributed by atoms with van der Waals surface area (Å²) in [7, 11) is 0. The average Bonchev–Trinajstić information content (AvgIpc) is 2.74. The molecular formula is C28H52O2. The van der Waals surface area contributed by atoms with Gasteiger partial charge in [0, 0.05) is 0 Å². The first kappa shape index (κ1) is 24.6. The molecular weight excluding hydrogens is 368 g/mol. The van der Waals surface area contributed by atoms with Crippen LogP contribution in [0.1, 0.15) is 118 Å². The van der Waals surface area contributed by atoms with Gasteiger partial charge in [0.05, 0.1) is 12.2 Å². The normalized spacial score (nSPS) is 39.8. The third-order valence-corrected chi connectivity index (χ3v) is 9.79. The van der Waals surface area contributed by atoms with E-state index in [1.807, 2.05) is 13.8 Å². The molecule has 3 fully saturated rings. The summed E-state index contributed by atoms with van der Waals surface area (Å²) < 4.78 is 0. The number of hydrogen-bond acceptors (Lipinski definition) is 2. The van der Waals surface area contributed by atoms with Crippen LogP contribution < -0.4 is 0 Å². The van der Waals surface area contributed by atoms with E-state index in [0.29, 0.717) is 11.8 Å². The Kier molecular flexibility index (Phi) is 9.57. The van der Waals surface area contributed by atoms with E-state index >= 15 is 0 Å². The van der Waals surface area contributed by atoms with E-state index in [1.165, 1.54) is 89.9 Å². The molecule has 0 amide bonds. The summed E-state index contributed by atoms with van der Waals surface area (Å²) in [5, 5.41) is 20.1. The van der Waals surface area contributed by atoms with Gasteiger partial charge in [-0.2, -0.15) is 0 Å². The van der Waals surface area contributed by atoms with Crippen molar-refractivity contribution in [3.05, 3.63) is 0 Å². The Labute approximate surface area is 187 Å². The fraction of sp³-hybridized carbons (Fsp3) is 1.00. The summed E-state index contributed by atoms with van der Waals surface area (Å²) in [5.74, 6) is 6.37. The van der Waals surface area contributed by atoms with Crippen LogP contribution in [0.3, 0.4) is 0 Å². The highest BCUT2D eigenvalue weighted by Crippen LogP contribution is 2.44. The Bertz CT molecular complexity index is 445. The zero-order valence-corrected chi connectivity index (χ0v) is 20.6. The minimum Gasteiger partial charge on any atom is -0.393 e. The molecule has 30 heavy (non-hydrogen) atoms. The topological polar surface area (TPSA) is 40.5 Å². The van der Waals surface area contributed by atoms with Crippen LogP contribution in [-0.4, -0.2) is 22.4 Å². The van der Waals surface area contributed by atoms with Gasteiger partial charge in [0.15, 0.2) is 0 Å². The second kappa shape index (κ2) is 11.7. The number of hydrogen-bond donors (Lipinski definition) is 2. The van der Waals surface area contributed by atoms with E-state index in [2.05, 4.69) is 13.8 Å². The van der Waals surface area contributed by atoms with Crippen LogP contribution in [0, 0.1) is 47.3 Å². The molecule has 0 spiro atoms. The van der Waals surface area contributed by atoms with Crippen molar-refractivity contribution in [3.8, 4) is 0 Å². The molecule has 2 heteroatoms. The zero-order chi connectivity index (χ0) is 21.7. The Morgan fingerprint density at radius 3 is 1.30 bits per heavy atom. The zero-order valence-electron chi connectivity index (χ0n) is 20.6. The molecule has 2 nitrogen and oxygen atoms in total. The highest BCUT2D eigenvalue weighted by molar-refractivity contribution is 4.85. The van der Waals surface area contributed by atoms with Crippen molar-refractivity contribution in [3.63, 3.8) is 0 Å². The van der Waals surface area contributed by atoms with Gasteiger partial charge < -0.3 is 10.2 Å². The predicted molar refractivity (Wildman–Crippen MR) is 127 cm³/mol. The summed E-state index contributed by atoms with van der Waals surface area (Å²) in [6, 6.07) is 0. The summed E-state index contributed by atoms with van der Waals surface area (Å²) in [6.07, 6.45) is 18.8. The van der Waals surface area contributed by atoms with Crippen molar-refractivity contribution in [1.82, 2.24) is 0 Å². The molecule has 3 aliphatic rings. The number of aliphatic hydroxyl groups excluding tert-OH is 2. The first-order chi connectivity index (χ1) is 14.3. The van der Waals surface area contributed by atoms with Crippen LogP contribution in [0.15, 0.2) is 0 Å². The Balaban J connectivity index is 1.46. The van der Waals surface area contributed by atoms with E-state index in [9.17, 15) is 10.2 Å². The van der Waals surface area contributed by atoms with Gasteiger partial charge in [-0.3, -0.25) is 0 Å². The average molecular weight is 421 g/mol. The maximum absolute atomic E-state index is 10.0. The SMILES string of the molecule is CC(O)C1CCCC(CC(C)C2CCCC(C(C)C[C@H]3CCCC(C(C)O)C3)C2)C1. The van der Waals surface area contributed by atoms with E-state index in [0.717, 1.165) is 35.5 Å². The quantitative estimate of drug-likeness (QED) is 0.435. The molecule has 3 aliphatic carbocycles. The van der Waals surface area contributed by atoms with Gasteiger partial charge in [0.2, 0.25) is 0 Å². The first-order valence-corrected chi connectivity index (χ1v) is 13.7. The Morgan fingerprint density at radius 2 is 0.900 bits per heavy atom. The number of rotatable bonds is 8. The van der Waals surface area contributed by atoms with Crippen molar-refractivity contribution in [2.75, 3.05) is 0 Å². The molecule has 0 aliphatic heterocycles. The van der Waals surface area contributed by atoms with Crippen LogP contribution in [0.4, 0.5) is 0 Å². The van der Waals surface area contributed by atoms with E-state index in [1.54, 1.807) is 0 Å². The van der Waals surface area contributed by atoms with Crippen LogP contribution >= 0.6 is 0 Å². The smallest absolute Gasteiger partial charge is 0.0540 e. The monoisotopic (exact) mass is 420 g/mol. The van der Waals surface area contributed by atoms with Crippen LogP contribution in [0.2, 0.25) is 0 Å². The molecule has 0 aromatic heterocycles. The predicted octanol–water partition coefficient (Wildman–Crippen LogP) is 7.22. The van der Waals surface area contributed by atoms with Gasteiger partial charge in [-0.15, -0.1) is 0 Å². The largest absolute Gasteiger partial charge is 0.393 e. The second-order valence-electron chi connectivity index (χ2n) is 12.2. The summed E-state index contributed by atoms with van der Waals surface area (Å²) >= 11 is 0. The van der Waals surface area contributed by atoms with Crippen LogP contribution in [0.5, 0.6) is 0 Å². The fourth-order valence-electron chi connectivity index (χ4n) is 7.71. The van der Waals surface area contributed by atoms with Crippen molar-refractivity contribution in [1.29, 1.82) is 0 Å². The van der Waals surface area contributed by atoms with Crippen molar-refractivity contribution < 1.29 is 10.2 Å². The first-order valence-electron chi connectivity index (χ1n) is 13.7. The fourth-order valence-corrected chi connectivity index (χ4v) is 7.71. The molecule has 0 bridgehead atoms. The second-order valence-corrected chi connectivity index (χ2v) is 12.2. The van der Waals surface area contributed by atoms with Gasteiger partial charge in [0.1, 0.15) is 0 Å². The van der Waals surface area contributed by atoms with Crippen molar-refractivity contribution >= 4 is 0 Å². The molecule has 9 unspecified atom stereocenters. The summed E-state index contributed by atoms with van der Waals surface area (Å²) in [6.45, 7) is 9.08. The van der Waals surface area contributed by atoms with Crippen molar-refractivity contribution in [2.45, 2.75) is 130 Å². The highest BCUT2D eigenvalue weighted by atomic mass is 16.3. The third-order valence-electron chi connectivity index (χ3n) is 9.79. The van der Waals surface area contributed by atoms with Gasteiger partial charge in [-0.1, -0.05) is 58.8 Å². The summed E-state index contributed by atoms with van der Waals surface area (Å²) in [5.41, 5.74) is 0. The molecule has 0 saturated heterocycles. The molecule has 0 heterocycles. The van der Waals surface area contributed by atoms with Crippen molar-refractivity contribution in [2.24, 2.45) is 47.3 Å². The lowest BCUT2D eigenvalue weighted by molar-refractivity contribution is 0.0645. The molecule has 176 valence electrons. The lowest BCUT2D eigenvalue weighted by Crippen LogP contribution is -2.30. The van der Waals surface area contributed by atoms with Gasteiger partial charge >= 0.3 is 0 Å². The number of aliphatic hydroxyl groups is 2. The molecule has 0 aromatic carbocycles. The molecule has 3 saturated carbocycles. The minimum atomic E-state index is -0.115. The Hall–Kier alpha value is -0.0800. The highest BCUT2D eigenvalue weighted by Gasteiger charge is 2.34. The van der Waals surface area contributed by atoms with Gasteiger partial charge in [-0.25, -0.2) is 0 Å². The summed E-state index contributed by atoms with van der Waals surface area (Å²) in [4.78, 5) is 0. The molecule has 0 aromatic rings. The Morgan fingerprint density at radius 1 is 0.533 bits per heavy atom. The minimum absolute atomic E-state index is 0.115. The van der Waals surface area contributed by atoms with Gasteiger partial charge in [0.25, 0.3) is 0 Å². The third kappa shape index (κ3) is 6.96. The molecule has 2 N–H and O–H groups in total. The van der Waals surface area contributed by atoms with E-state index in [-0.39, 0.29) is 12.2 Å². The van der Waals surface area contributed by atoms with Gasteiger partial charge in [-0.05, 0) is 106 Å². The molecule has 10 atom stereocenters. The lowest BCUT2D eigenvalue weighted by atomic mass is 9.66. The maximum atomic E-state index is 10.0. The van der Waals surface area contributed by atoms with Crippen LogP contribution in [-0.2, 0) is 0 Å². The maximum Gasteiger partial charge on any atom is 0.0540 e. The van der Waals surface area contributed by atoms with E-state index in [4.69, 9.17) is 0 Å². The van der Waals surface area contributed by atoms with E-state index < -0.39 is 0 Å². The standard InChI is InChI=1S/C28H52O2/c1-19(14-23-8-5-12-27(16-23)21(3)29)25-10-7-11-26(18-25)20(2)15-24-9-6-13-28(17-24)22(4)30/h19-30H,5-18H2,1-4H3/t19?,20?,21?,22?,23-,24?,25?,26?,27?,28?/m1/s1. The molecule has 0 radical (unpaired) electrons. The lowest BCUT2D eigenvalue weighted by Gasteiger charge is -2.40.